The number of anilines is 1. The van der Waals surface area contributed by atoms with Gasteiger partial charge in [-0.3, -0.25) is 4.90 Å². The summed E-state index contributed by atoms with van der Waals surface area (Å²) in [7, 11) is 1.00. The molecule has 2 rings (SSSR count). The van der Waals surface area contributed by atoms with Gasteiger partial charge in [0.1, 0.15) is 5.82 Å². The van der Waals surface area contributed by atoms with Gasteiger partial charge in [-0.05, 0) is 40.2 Å². The zero-order valence-electron chi connectivity index (χ0n) is 13.4. The fraction of sp³-hybridized carbons (Fsp3) is 0.438. The molecule has 7 heteroatoms. The average Bonchev–Trinajstić information content (AvgIpc) is 2.57. The van der Waals surface area contributed by atoms with Crippen molar-refractivity contribution in [2.45, 2.75) is 0 Å². The number of nitrogens with zero attached hydrogens (tertiary/aromatic N) is 3. The fourth-order valence-electron chi connectivity index (χ4n) is 2.27. The van der Waals surface area contributed by atoms with E-state index < -0.39 is 0 Å². The third-order valence-corrected chi connectivity index (χ3v) is 3.60. The second-order valence-electron chi connectivity index (χ2n) is 4.92. The van der Waals surface area contributed by atoms with Crippen LogP contribution in [-0.2, 0) is 0 Å². The van der Waals surface area contributed by atoms with Gasteiger partial charge in [-0.25, -0.2) is 4.39 Å². The number of allylic oxidation sites excluding steroid dienone is 1. The molecule has 1 aromatic carbocycles. The summed E-state index contributed by atoms with van der Waals surface area (Å²) in [5, 5.41) is 11.0. The Kier molecular flexibility index (Phi) is 9.51. The summed E-state index contributed by atoms with van der Waals surface area (Å²) in [5.74, 6) is -0.185. The molecule has 128 valence electrons. The summed E-state index contributed by atoms with van der Waals surface area (Å²) < 4.78 is 13.7. The Morgan fingerprint density at radius 2 is 1.91 bits per heavy atom. The van der Waals surface area contributed by atoms with Crippen LogP contribution >= 0.6 is 15.9 Å². The first-order valence-electron chi connectivity index (χ1n) is 7.43. The fourth-order valence-corrected chi connectivity index (χ4v) is 2.37. The van der Waals surface area contributed by atoms with E-state index in [1.54, 1.807) is 6.21 Å². The van der Waals surface area contributed by atoms with Gasteiger partial charge >= 0.3 is 0 Å². The first kappa shape index (κ1) is 19.6. The number of hydrogen-bond acceptors (Lipinski definition) is 5. The van der Waals surface area contributed by atoms with Gasteiger partial charge in [0.2, 0.25) is 0 Å². The lowest BCUT2D eigenvalue weighted by atomic mass is 10.2. The van der Waals surface area contributed by atoms with E-state index in [-0.39, 0.29) is 5.82 Å². The Morgan fingerprint density at radius 3 is 2.48 bits per heavy atom. The maximum Gasteiger partial charge on any atom is 0.123 e. The first-order chi connectivity index (χ1) is 11.1. The SMILES string of the molecule is C=C(Br)/C=N\NCCN1CCN(c2ccc(F)cc2)CC1.CO. The molecule has 5 nitrogen and oxygen atoms in total. The molecule has 1 aromatic rings. The predicted octanol–water partition coefficient (Wildman–Crippen LogP) is 2.04. The molecule has 0 atom stereocenters. The Hall–Kier alpha value is -1.44. The van der Waals surface area contributed by atoms with Crippen molar-refractivity contribution in [2.24, 2.45) is 5.10 Å². The number of rotatable bonds is 6. The van der Waals surface area contributed by atoms with Crippen LogP contribution in [0.2, 0.25) is 0 Å². The third-order valence-electron chi connectivity index (χ3n) is 3.40. The summed E-state index contributed by atoms with van der Waals surface area (Å²) in [6.45, 7) is 9.39. The molecule has 0 aliphatic carbocycles. The summed E-state index contributed by atoms with van der Waals surface area (Å²) >= 11 is 3.21. The largest absolute Gasteiger partial charge is 0.400 e. The molecule has 1 aliphatic rings. The van der Waals surface area contributed by atoms with Crippen molar-refractivity contribution >= 4 is 27.8 Å². The summed E-state index contributed by atoms with van der Waals surface area (Å²) in [6.07, 6.45) is 1.65. The lowest BCUT2D eigenvalue weighted by molar-refractivity contribution is 0.258. The number of piperazine rings is 1. The molecule has 1 aliphatic heterocycles. The van der Waals surface area contributed by atoms with E-state index >= 15 is 0 Å². The number of nitrogens with one attached hydrogen (secondary N) is 1. The monoisotopic (exact) mass is 386 g/mol. The van der Waals surface area contributed by atoms with Gasteiger partial charge in [0.25, 0.3) is 0 Å². The molecule has 1 fully saturated rings. The summed E-state index contributed by atoms with van der Waals surface area (Å²) in [6, 6.07) is 6.71. The minimum atomic E-state index is -0.185. The van der Waals surface area contributed by atoms with E-state index in [1.807, 2.05) is 12.1 Å². The van der Waals surface area contributed by atoms with Crippen molar-refractivity contribution in [1.82, 2.24) is 10.3 Å². The minimum Gasteiger partial charge on any atom is -0.400 e. The molecular weight excluding hydrogens is 363 g/mol. The van der Waals surface area contributed by atoms with Gasteiger partial charge in [0.15, 0.2) is 0 Å². The molecule has 1 saturated heterocycles. The lowest BCUT2D eigenvalue weighted by Crippen LogP contribution is -2.47. The van der Waals surface area contributed by atoms with Crippen molar-refractivity contribution in [3.63, 3.8) is 0 Å². The van der Waals surface area contributed by atoms with E-state index in [2.05, 4.69) is 42.8 Å². The number of aliphatic hydroxyl groups is 1. The highest BCUT2D eigenvalue weighted by molar-refractivity contribution is 9.12. The average molecular weight is 387 g/mol. The molecule has 0 unspecified atom stereocenters. The van der Waals surface area contributed by atoms with Crippen molar-refractivity contribution in [3.8, 4) is 0 Å². The second kappa shape index (κ2) is 11.2. The Balaban J connectivity index is 0.00000127. The van der Waals surface area contributed by atoms with Crippen LogP contribution in [0.5, 0.6) is 0 Å². The maximum atomic E-state index is 12.9. The van der Waals surface area contributed by atoms with E-state index in [9.17, 15) is 4.39 Å². The third kappa shape index (κ3) is 7.58. The number of benzene rings is 1. The smallest absolute Gasteiger partial charge is 0.123 e. The van der Waals surface area contributed by atoms with Crippen molar-refractivity contribution in [3.05, 3.63) is 41.1 Å². The molecule has 0 radical (unpaired) electrons. The van der Waals surface area contributed by atoms with Crippen molar-refractivity contribution in [2.75, 3.05) is 51.3 Å². The lowest BCUT2D eigenvalue weighted by Gasteiger charge is -2.36. The van der Waals surface area contributed by atoms with Crippen LogP contribution in [0.25, 0.3) is 0 Å². The van der Waals surface area contributed by atoms with Gasteiger partial charge in [-0.1, -0.05) is 6.58 Å². The minimum absolute atomic E-state index is 0.185. The van der Waals surface area contributed by atoms with Crippen LogP contribution < -0.4 is 10.3 Å². The molecule has 0 spiro atoms. The summed E-state index contributed by atoms with van der Waals surface area (Å²) in [5.41, 5.74) is 4.09. The van der Waals surface area contributed by atoms with Gasteiger partial charge in [-0.15, -0.1) is 0 Å². The molecule has 23 heavy (non-hydrogen) atoms. The Bertz CT molecular complexity index is 487. The Morgan fingerprint density at radius 1 is 1.30 bits per heavy atom. The molecule has 0 amide bonds. The molecule has 0 aromatic heterocycles. The summed E-state index contributed by atoms with van der Waals surface area (Å²) in [4.78, 5) is 4.68. The van der Waals surface area contributed by atoms with E-state index in [0.29, 0.717) is 0 Å². The topological polar surface area (TPSA) is 51.1 Å². The van der Waals surface area contributed by atoms with Crippen LogP contribution in [0, 0.1) is 5.82 Å². The van der Waals surface area contributed by atoms with Crippen LogP contribution in [0.4, 0.5) is 10.1 Å². The van der Waals surface area contributed by atoms with Crippen molar-refractivity contribution < 1.29 is 9.50 Å². The quantitative estimate of drug-likeness (QED) is 0.446. The zero-order valence-corrected chi connectivity index (χ0v) is 15.0. The highest BCUT2D eigenvalue weighted by Gasteiger charge is 2.16. The van der Waals surface area contributed by atoms with E-state index in [4.69, 9.17) is 5.11 Å². The molecule has 2 N–H and O–H groups in total. The van der Waals surface area contributed by atoms with E-state index in [1.165, 1.54) is 12.1 Å². The van der Waals surface area contributed by atoms with Gasteiger partial charge in [-0.2, -0.15) is 5.10 Å². The van der Waals surface area contributed by atoms with Crippen molar-refractivity contribution in [1.29, 1.82) is 0 Å². The van der Waals surface area contributed by atoms with Crippen LogP contribution in [0.3, 0.4) is 0 Å². The number of hydrogen-bond donors (Lipinski definition) is 2. The molecule has 1 heterocycles. The highest BCUT2D eigenvalue weighted by atomic mass is 79.9. The normalized spacial score (nSPS) is 15.2. The molecular formula is C16H24BrFN4O. The highest BCUT2D eigenvalue weighted by Crippen LogP contribution is 2.16. The number of aliphatic hydroxyl groups excluding tert-OH is 1. The predicted molar refractivity (Wildman–Crippen MR) is 97.8 cm³/mol. The van der Waals surface area contributed by atoms with Gasteiger partial charge in [0, 0.05) is 56.5 Å². The first-order valence-corrected chi connectivity index (χ1v) is 8.22. The number of hydrazone groups is 1. The second-order valence-corrected chi connectivity index (χ2v) is 5.94. The van der Waals surface area contributed by atoms with Gasteiger partial charge < -0.3 is 15.4 Å². The Labute approximate surface area is 145 Å². The van der Waals surface area contributed by atoms with Gasteiger partial charge in [0.05, 0.1) is 6.21 Å². The maximum absolute atomic E-state index is 12.9. The van der Waals surface area contributed by atoms with Crippen LogP contribution in [0.15, 0.2) is 40.4 Å². The molecule has 0 bridgehead atoms. The molecule has 0 saturated carbocycles. The van der Waals surface area contributed by atoms with Crippen LogP contribution in [-0.4, -0.2) is 62.6 Å². The zero-order chi connectivity index (χ0) is 17.1. The van der Waals surface area contributed by atoms with E-state index in [0.717, 1.165) is 56.5 Å². The standard InChI is InChI=1S/C15H20BrFN4.CH4O/c1-13(16)12-19-18-6-7-20-8-10-21(11-9-20)15-4-2-14(17)3-5-15;1-2/h2-5,12,18H,1,6-11H2;2H,1H3/b19-12-;. The number of halogens is 2. The van der Waals surface area contributed by atoms with Crippen LogP contribution in [0.1, 0.15) is 0 Å².